The van der Waals surface area contributed by atoms with Gasteiger partial charge in [0.05, 0.1) is 13.7 Å². The Kier molecular flexibility index (Phi) is 8.18. The maximum Gasteiger partial charge on any atom is 0.305 e. The predicted molar refractivity (Wildman–Crippen MR) is 97.4 cm³/mol. The SMILES string of the molecule is COC(=O)CCCNC(=O)CN1CCN(Cc2cccc(Cl)c2)CC1. The third-order valence-corrected chi connectivity index (χ3v) is 4.47. The number of halogens is 1. The van der Waals surface area contributed by atoms with E-state index in [9.17, 15) is 9.59 Å². The summed E-state index contributed by atoms with van der Waals surface area (Å²) in [6.45, 7) is 5.40. The fourth-order valence-electron chi connectivity index (χ4n) is 2.82. The normalized spacial score (nSPS) is 15.8. The molecule has 25 heavy (non-hydrogen) atoms. The Hall–Kier alpha value is -1.63. The molecule has 0 aromatic heterocycles. The molecule has 6 nitrogen and oxygen atoms in total. The number of rotatable bonds is 8. The molecule has 0 saturated carbocycles. The number of nitrogens with one attached hydrogen (secondary N) is 1. The van der Waals surface area contributed by atoms with Gasteiger partial charge in [-0.25, -0.2) is 0 Å². The second-order valence-electron chi connectivity index (χ2n) is 6.21. The van der Waals surface area contributed by atoms with E-state index in [1.807, 2.05) is 18.2 Å². The first kappa shape index (κ1) is 19.7. The van der Waals surface area contributed by atoms with Crippen molar-refractivity contribution in [2.45, 2.75) is 19.4 Å². The quantitative estimate of drug-likeness (QED) is 0.557. The summed E-state index contributed by atoms with van der Waals surface area (Å²) in [5.74, 6) is -0.238. The maximum absolute atomic E-state index is 11.9. The summed E-state index contributed by atoms with van der Waals surface area (Å²) in [6, 6.07) is 7.93. The van der Waals surface area contributed by atoms with Crippen molar-refractivity contribution in [2.24, 2.45) is 0 Å². The summed E-state index contributed by atoms with van der Waals surface area (Å²) >= 11 is 6.02. The summed E-state index contributed by atoms with van der Waals surface area (Å²) < 4.78 is 4.57. The van der Waals surface area contributed by atoms with E-state index in [0.29, 0.717) is 25.9 Å². The van der Waals surface area contributed by atoms with Gasteiger partial charge in [-0.3, -0.25) is 19.4 Å². The molecule has 138 valence electrons. The Morgan fingerprint density at radius 1 is 1.20 bits per heavy atom. The second-order valence-corrected chi connectivity index (χ2v) is 6.65. The van der Waals surface area contributed by atoms with Crippen molar-refractivity contribution in [1.82, 2.24) is 15.1 Å². The zero-order chi connectivity index (χ0) is 18.1. The van der Waals surface area contributed by atoms with Crippen LogP contribution in [0.15, 0.2) is 24.3 Å². The van der Waals surface area contributed by atoms with Crippen molar-refractivity contribution < 1.29 is 14.3 Å². The lowest BCUT2D eigenvalue weighted by Crippen LogP contribution is -2.49. The zero-order valence-electron chi connectivity index (χ0n) is 14.7. The van der Waals surface area contributed by atoms with Crippen LogP contribution < -0.4 is 5.32 Å². The second kappa shape index (κ2) is 10.4. The summed E-state index contributed by atoms with van der Waals surface area (Å²) in [5, 5.41) is 3.61. The van der Waals surface area contributed by atoms with Gasteiger partial charge in [0, 0.05) is 50.7 Å². The van der Waals surface area contributed by atoms with Gasteiger partial charge in [0.1, 0.15) is 0 Å². The van der Waals surface area contributed by atoms with Gasteiger partial charge >= 0.3 is 5.97 Å². The van der Waals surface area contributed by atoms with Gasteiger partial charge in [0.15, 0.2) is 0 Å². The molecule has 0 unspecified atom stereocenters. The molecule has 2 rings (SSSR count). The standard InChI is InChI=1S/C18H26ClN3O3/c1-25-18(24)6-3-7-20-17(23)14-22-10-8-21(9-11-22)13-15-4-2-5-16(19)12-15/h2,4-5,12H,3,6-11,13-14H2,1H3,(H,20,23). The lowest BCUT2D eigenvalue weighted by Gasteiger charge is -2.34. The molecule has 1 saturated heterocycles. The number of carbonyl (C=O) groups excluding carboxylic acids is 2. The Morgan fingerprint density at radius 2 is 1.92 bits per heavy atom. The van der Waals surface area contributed by atoms with E-state index in [4.69, 9.17) is 11.6 Å². The van der Waals surface area contributed by atoms with Crippen molar-refractivity contribution in [3.63, 3.8) is 0 Å². The highest BCUT2D eigenvalue weighted by Crippen LogP contribution is 2.13. The first-order valence-electron chi connectivity index (χ1n) is 8.59. The Labute approximate surface area is 154 Å². The van der Waals surface area contributed by atoms with E-state index in [1.165, 1.54) is 12.7 Å². The van der Waals surface area contributed by atoms with Gasteiger partial charge in [0.2, 0.25) is 5.91 Å². The van der Waals surface area contributed by atoms with Crippen LogP contribution in [-0.2, 0) is 20.9 Å². The molecule has 0 spiro atoms. The van der Waals surface area contributed by atoms with Gasteiger partial charge in [-0.05, 0) is 24.1 Å². The molecule has 1 aromatic rings. The number of ether oxygens (including phenoxy) is 1. The number of amides is 1. The van der Waals surface area contributed by atoms with Gasteiger partial charge in [-0.15, -0.1) is 0 Å². The van der Waals surface area contributed by atoms with Crippen LogP contribution in [0.3, 0.4) is 0 Å². The minimum absolute atomic E-state index is 0.00755. The Balaban J connectivity index is 1.61. The van der Waals surface area contributed by atoms with Gasteiger partial charge < -0.3 is 10.1 Å². The van der Waals surface area contributed by atoms with Crippen molar-refractivity contribution >= 4 is 23.5 Å². The number of nitrogens with zero attached hydrogens (tertiary/aromatic N) is 2. The van der Waals surface area contributed by atoms with Crippen LogP contribution in [0.25, 0.3) is 0 Å². The smallest absolute Gasteiger partial charge is 0.305 e. The number of methoxy groups -OCH3 is 1. The summed E-state index contributed by atoms with van der Waals surface area (Å²) in [5.41, 5.74) is 1.21. The van der Waals surface area contributed by atoms with Gasteiger partial charge in [-0.1, -0.05) is 23.7 Å². The largest absolute Gasteiger partial charge is 0.469 e. The Bertz CT molecular complexity index is 574. The van der Waals surface area contributed by atoms with E-state index < -0.39 is 0 Å². The molecule has 0 bridgehead atoms. The molecule has 0 radical (unpaired) electrons. The lowest BCUT2D eigenvalue weighted by molar-refractivity contribution is -0.140. The average molecular weight is 368 g/mol. The van der Waals surface area contributed by atoms with Crippen LogP contribution in [0, 0.1) is 0 Å². The van der Waals surface area contributed by atoms with Gasteiger partial charge in [-0.2, -0.15) is 0 Å². The molecule has 1 amide bonds. The topological polar surface area (TPSA) is 61.9 Å². The zero-order valence-corrected chi connectivity index (χ0v) is 15.4. The number of carbonyl (C=O) groups is 2. The van der Waals surface area contributed by atoms with Gasteiger partial charge in [0.25, 0.3) is 0 Å². The third kappa shape index (κ3) is 7.42. The Morgan fingerprint density at radius 3 is 2.60 bits per heavy atom. The van der Waals surface area contributed by atoms with Crippen LogP contribution in [0.4, 0.5) is 0 Å². The summed E-state index contributed by atoms with van der Waals surface area (Å²) in [7, 11) is 1.37. The maximum atomic E-state index is 11.9. The van der Waals surface area contributed by atoms with Crippen molar-refractivity contribution in [3.05, 3.63) is 34.9 Å². The van der Waals surface area contributed by atoms with E-state index in [1.54, 1.807) is 0 Å². The first-order chi connectivity index (χ1) is 12.1. The average Bonchev–Trinajstić information content (AvgIpc) is 2.60. The highest BCUT2D eigenvalue weighted by molar-refractivity contribution is 6.30. The molecule has 1 aliphatic rings. The number of hydrogen-bond acceptors (Lipinski definition) is 5. The molecular formula is C18H26ClN3O3. The van der Waals surface area contributed by atoms with Crippen LogP contribution in [-0.4, -0.2) is 68.1 Å². The van der Waals surface area contributed by atoms with Crippen LogP contribution in [0.5, 0.6) is 0 Å². The number of hydrogen-bond donors (Lipinski definition) is 1. The molecule has 0 aliphatic carbocycles. The number of piperazine rings is 1. The van der Waals surface area contributed by atoms with Crippen molar-refractivity contribution in [2.75, 3.05) is 46.4 Å². The van der Waals surface area contributed by atoms with Crippen molar-refractivity contribution in [1.29, 1.82) is 0 Å². The predicted octanol–water partition coefficient (Wildman–Crippen LogP) is 1.53. The molecule has 1 fully saturated rings. The molecule has 1 heterocycles. The fourth-order valence-corrected chi connectivity index (χ4v) is 3.03. The molecule has 1 N–H and O–H groups in total. The highest BCUT2D eigenvalue weighted by atomic mass is 35.5. The van der Waals surface area contributed by atoms with E-state index in [-0.39, 0.29) is 11.9 Å². The van der Waals surface area contributed by atoms with Crippen LogP contribution in [0.2, 0.25) is 5.02 Å². The van der Waals surface area contributed by atoms with E-state index >= 15 is 0 Å². The summed E-state index contributed by atoms with van der Waals surface area (Å²) in [6.07, 6.45) is 0.935. The van der Waals surface area contributed by atoms with Crippen LogP contribution in [0.1, 0.15) is 18.4 Å². The van der Waals surface area contributed by atoms with Crippen LogP contribution >= 0.6 is 11.6 Å². The van der Waals surface area contributed by atoms with Crippen molar-refractivity contribution in [3.8, 4) is 0 Å². The summed E-state index contributed by atoms with van der Waals surface area (Å²) in [4.78, 5) is 27.5. The number of esters is 1. The third-order valence-electron chi connectivity index (χ3n) is 4.23. The fraction of sp³-hybridized carbons (Fsp3) is 0.556. The molecule has 7 heteroatoms. The molecule has 1 aliphatic heterocycles. The molecular weight excluding hydrogens is 342 g/mol. The van der Waals surface area contributed by atoms with E-state index in [0.717, 1.165) is 37.7 Å². The highest BCUT2D eigenvalue weighted by Gasteiger charge is 2.19. The number of benzene rings is 1. The minimum atomic E-state index is -0.245. The minimum Gasteiger partial charge on any atom is -0.469 e. The lowest BCUT2D eigenvalue weighted by atomic mass is 10.2. The first-order valence-corrected chi connectivity index (χ1v) is 8.97. The van der Waals surface area contributed by atoms with E-state index in [2.05, 4.69) is 25.9 Å². The molecule has 0 atom stereocenters. The monoisotopic (exact) mass is 367 g/mol. The molecule has 1 aromatic carbocycles.